The SMILES string of the molecule is CC1(C)OC[C@H](COc2ccc(C(=O)Cl)cc2)O1. The lowest BCUT2D eigenvalue weighted by Crippen LogP contribution is -2.25. The Morgan fingerprint density at radius 2 is 2.11 bits per heavy atom. The lowest BCUT2D eigenvalue weighted by Gasteiger charge is -2.17. The molecule has 0 aromatic heterocycles. The first kappa shape index (κ1) is 13.3. The molecule has 1 atom stereocenters. The van der Waals surface area contributed by atoms with E-state index in [2.05, 4.69) is 0 Å². The molecule has 4 nitrogen and oxygen atoms in total. The fourth-order valence-electron chi connectivity index (χ4n) is 1.72. The number of halogens is 1. The summed E-state index contributed by atoms with van der Waals surface area (Å²) in [5, 5.41) is -0.476. The van der Waals surface area contributed by atoms with E-state index in [-0.39, 0.29) is 6.10 Å². The largest absolute Gasteiger partial charge is 0.491 e. The molecule has 1 fully saturated rings. The molecule has 1 heterocycles. The molecule has 0 N–H and O–H groups in total. The van der Waals surface area contributed by atoms with Crippen LogP contribution in [0.15, 0.2) is 24.3 Å². The zero-order chi connectivity index (χ0) is 13.2. The van der Waals surface area contributed by atoms with Crippen molar-refractivity contribution in [1.29, 1.82) is 0 Å². The van der Waals surface area contributed by atoms with E-state index in [9.17, 15) is 4.79 Å². The summed E-state index contributed by atoms with van der Waals surface area (Å²) in [6.07, 6.45) is -0.0747. The van der Waals surface area contributed by atoms with Crippen LogP contribution < -0.4 is 4.74 Å². The average Bonchev–Trinajstić information content (AvgIpc) is 2.67. The van der Waals surface area contributed by atoms with E-state index in [0.29, 0.717) is 24.5 Å². The third-order valence-electron chi connectivity index (χ3n) is 2.58. The molecule has 0 spiro atoms. The second-order valence-corrected chi connectivity index (χ2v) is 4.90. The van der Waals surface area contributed by atoms with Gasteiger partial charge in [0.25, 0.3) is 5.24 Å². The van der Waals surface area contributed by atoms with Crippen molar-refractivity contribution in [3.8, 4) is 5.75 Å². The molecule has 5 heteroatoms. The minimum atomic E-state index is -0.539. The summed E-state index contributed by atoms with van der Waals surface area (Å²) in [6, 6.07) is 6.66. The standard InChI is InChI=1S/C13H15ClO4/c1-13(2)17-8-11(18-13)7-16-10-5-3-9(4-6-10)12(14)15/h3-6,11H,7-8H2,1-2H3/t11-/m0/s1. The van der Waals surface area contributed by atoms with Crippen LogP contribution in [0.25, 0.3) is 0 Å². The van der Waals surface area contributed by atoms with Gasteiger partial charge in [-0.25, -0.2) is 0 Å². The minimum Gasteiger partial charge on any atom is -0.491 e. The summed E-state index contributed by atoms with van der Waals surface area (Å²) in [7, 11) is 0. The molecule has 0 radical (unpaired) electrons. The molecular weight excluding hydrogens is 256 g/mol. The number of benzene rings is 1. The second-order valence-electron chi connectivity index (χ2n) is 4.56. The Labute approximate surface area is 111 Å². The van der Waals surface area contributed by atoms with Gasteiger partial charge in [-0.05, 0) is 49.7 Å². The zero-order valence-corrected chi connectivity index (χ0v) is 11.1. The van der Waals surface area contributed by atoms with Crippen LogP contribution in [0.1, 0.15) is 24.2 Å². The molecule has 0 aliphatic carbocycles. The summed E-state index contributed by atoms with van der Waals surface area (Å²) in [5.41, 5.74) is 0.450. The van der Waals surface area contributed by atoms with Gasteiger partial charge in [0.05, 0.1) is 6.61 Å². The molecule has 98 valence electrons. The number of carbonyl (C=O) groups is 1. The number of rotatable bonds is 4. The number of hydrogen-bond acceptors (Lipinski definition) is 4. The van der Waals surface area contributed by atoms with E-state index in [1.807, 2.05) is 13.8 Å². The summed E-state index contributed by atoms with van der Waals surface area (Å²) in [6.45, 7) is 4.67. The van der Waals surface area contributed by atoms with Gasteiger partial charge in [-0.3, -0.25) is 4.79 Å². The van der Waals surface area contributed by atoms with Gasteiger partial charge in [-0.2, -0.15) is 0 Å². The van der Waals surface area contributed by atoms with E-state index in [1.54, 1.807) is 24.3 Å². The van der Waals surface area contributed by atoms with E-state index in [1.165, 1.54) is 0 Å². The van der Waals surface area contributed by atoms with Gasteiger partial charge in [-0.15, -0.1) is 0 Å². The van der Waals surface area contributed by atoms with Crippen LogP contribution in [0.3, 0.4) is 0 Å². The van der Waals surface area contributed by atoms with Crippen molar-refractivity contribution in [1.82, 2.24) is 0 Å². The highest BCUT2D eigenvalue weighted by atomic mass is 35.5. The van der Waals surface area contributed by atoms with Crippen LogP contribution in [-0.2, 0) is 9.47 Å². The Balaban J connectivity index is 1.85. The minimum absolute atomic E-state index is 0.0747. The molecule has 1 aliphatic heterocycles. The van der Waals surface area contributed by atoms with Crippen LogP contribution in [0.4, 0.5) is 0 Å². The van der Waals surface area contributed by atoms with Crippen molar-refractivity contribution in [2.75, 3.05) is 13.2 Å². The van der Waals surface area contributed by atoms with E-state index in [4.69, 9.17) is 25.8 Å². The molecule has 1 saturated heterocycles. The maximum absolute atomic E-state index is 10.9. The van der Waals surface area contributed by atoms with Crippen molar-refractivity contribution in [2.45, 2.75) is 25.7 Å². The number of carbonyl (C=O) groups excluding carboxylic acids is 1. The average molecular weight is 271 g/mol. The summed E-state index contributed by atoms with van der Waals surface area (Å²) >= 11 is 5.35. The van der Waals surface area contributed by atoms with Crippen molar-refractivity contribution in [3.63, 3.8) is 0 Å². The molecule has 2 rings (SSSR count). The Kier molecular flexibility index (Phi) is 3.90. The molecule has 1 aromatic rings. The van der Waals surface area contributed by atoms with E-state index >= 15 is 0 Å². The number of ether oxygens (including phenoxy) is 3. The Hall–Kier alpha value is -1.10. The molecule has 0 saturated carbocycles. The van der Waals surface area contributed by atoms with Gasteiger partial charge in [0.15, 0.2) is 5.79 Å². The van der Waals surface area contributed by atoms with E-state index in [0.717, 1.165) is 0 Å². The molecule has 1 aliphatic rings. The van der Waals surface area contributed by atoms with Gasteiger partial charge in [0, 0.05) is 5.56 Å². The van der Waals surface area contributed by atoms with Gasteiger partial charge in [0.1, 0.15) is 18.5 Å². The van der Waals surface area contributed by atoms with Crippen LogP contribution in [-0.4, -0.2) is 30.3 Å². The third kappa shape index (κ3) is 3.45. The first-order valence-electron chi connectivity index (χ1n) is 5.71. The topological polar surface area (TPSA) is 44.8 Å². The predicted molar refractivity (Wildman–Crippen MR) is 67.0 cm³/mol. The first-order chi connectivity index (χ1) is 8.46. The van der Waals surface area contributed by atoms with E-state index < -0.39 is 11.0 Å². The highest BCUT2D eigenvalue weighted by Crippen LogP contribution is 2.23. The van der Waals surface area contributed by atoms with Gasteiger partial charge >= 0.3 is 0 Å². The summed E-state index contributed by atoms with van der Waals surface area (Å²) in [5.74, 6) is 0.133. The van der Waals surface area contributed by atoms with Gasteiger partial charge < -0.3 is 14.2 Å². The fourth-order valence-corrected chi connectivity index (χ4v) is 1.84. The Bertz CT molecular complexity index is 427. The Morgan fingerprint density at radius 1 is 1.44 bits per heavy atom. The molecule has 1 aromatic carbocycles. The number of hydrogen-bond donors (Lipinski definition) is 0. The quantitative estimate of drug-likeness (QED) is 0.789. The van der Waals surface area contributed by atoms with Crippen LogP contribution >= 0.6 is 11.6 Å². The molecular formula is C13H15ClO4. The fraction of sp³-hybridized carbons (Fsp3) is 0.462. The lowest BCUT2D eigenvalue weighted by atomic mass is 10.2. The molecule has 0 unspecified atom stereocenters. The van der Waals surface area contributed by atoms with Crippen molar-refractivity contribution in [2.24, 2.45) is 0 Å². The summed E-state index contributed by atoms with van der Waals surface area (Å²) < 4.78 is 16.6. The van der Waals surface area contributed by atoms with Crippen LogP contribution in [0.2, 0.25) is 0 Å². The van der Waals surface area contributed by atoms with Gasteiger partial charge in [0.2, 0.25) is 0 Å². The molecule has 18 heavy (non-hydrogen) atoms. The van der Waals surface area contributed by atoms with Gasteiger partial charge in [-0.1, -0.05) is 0 Å². The van der Waals surface area contributed by atoms with Crippen molar-refractivity contribution in [3.05, 3.63) is 29.8 Å². The highest BCUT2D eigenvalue weighted by Gasteiger charge is 2.32. The highest BCUT2D eigenvalue weighted by molar-refractivity contribution is 6.67. The zero-order valence-electron chi connectivity index (χ0n) is 10.3. The normalized spacial score (nSPS) is 21.8. The Morgan fingerprint density at radius 3 is 2.61 bits per heavy atom. The molecule has 0 bridgehead atoms. The maximum atomic E-state index is 10.9. The monoisotopic (exact) mass is 270 g/mol. The maximum Gasteiger partial charge on any atom is 0.252 e. The van der Waals surface area contributed by atoms with Crippen LogP contribution in [0.5, 0.6) is 5.75 Å². The van der Waals surface area contributed by atoms with Crippen molar-refractivity contribution >= 4 is 16.8 Å². The predicted octanol–water partition coefficient (Wildman–Crippen LogP) is 2.60. The second kappa shape index (κ2) is 5.26. The summed E-state index contributed by atoms with van der Waals surface area (Å²) in [4.78, 5) is 10.9. The third-order valence-corrected chi connectivity index (χ3v) is 2.80. The van der Waals surface area contributed by atoms with Crippen LogP contribution in [0, 0.1) is 0 Å². The molecule has 0 amide bonds. The van der Waals surface area contributed by atoms with Crippen molar-refractivity contribution < 1.29 is 19.0 Å². The smallest absolute Gasteiger partial charge is 0.252 e. The first-order valence-corrected chi connectivity index (χ1v) is 6.08. The lowest BCUT2D eigenvalue weighted by molar-refractivity contribution is -0.141.